The van der Waals surface area contributed by atoms with Gasteiger partial charge >= 0.3 is 25.7 Å². The van der Waals surface area contributed by atoms with Gasteiger partial charge in [0, 0.05) is 12.8 Å². The second-order valence-corrected chi connectivity index (χ2v) is 19.1. The van der Waals surface area contributed by atoms with E-state index in [2.05, 4.69) is 30.5 Å². The van der Waals surface area contributed by atoms with Gasteiger partial charge in [0.25, 0.3) is 0 Å². The molecule has 0 aliphatic heterocycles. The monoisotopic (exact) mass is 902 g/mol. The van der Waals surface area contributed by atoms with E-state index in [4.69, 9.17) is 24.8 Å². The standard InChI is InChI=1S/C50H96NO10P/c1-3-5-7-9-11-13-15-17-19-20-21-22-23-24-25-26-28-30-32-34-36-38-40-42-49(53)61-46(44-59-62(56,57)60-45-47(51)50(54)55)43-58-48(52)41-39-37-35-33-31-29-27-18-16-14-12-10-8-6-4-2/h20-21,46-47H,3-19,22-45,51H2,1-2H3,(H,54,55)(H,56,57)/b21-20-. The molecule has 0 amide bonds. The molecule has 0 heterocycles. The van der Waals surface area contributed by atoms with Crippen LogP contribution in [0.1, 0.15) is 258 Å². The molecule has 62 heavy (non-hydrogen) atoms. The number of phosphoric ester groups is 1. The highest BCUT2D eigenvalue weighted by molar-refractivity contribution is 7.47. The molecular weight excluding hydrogens is 806 g/mol. The quantitative estimate of drug-likeness (QED) is 0.0230. The molecule has 0 aliphatic carbocycles. The minimum atomic E-state index is -4.72. The van der Waals surface area contributed by atoms with Crippen LogP contribution in [0.15, 0.2) is 12.2 Å². The number of allylic oxidation sites excluding steroid dienone is 2. The fourth-order valence-electron chi connectivity index (χ4n) is 7.47. The van der Waals surface area contributed by atoms with Gasteiger partial charge in [0.05, 0.1) is 13.2 Å². The third-order valence-corrected chi connectivity index (χ3v) is 12.5. The Morgan fingerprint density at radius 2 is 0.806 bits per heavy atom. The lowest BCUT2D eigenvalue weighted by Crippen LogP contribution is -2.34. The molecule has 0 fully saturated rings. The molecule has 3 unspecified atom stereocenters. The maximum atomic E-state index is 12.7. The predicted octanol–water partition coefficient (Wildman–Crippen LogP) is 14.4. The van der Waals surface area contributed by atoms with E-state index in [1.165, 1.54) is 180 Å². The molecule has 0 saturated heterocycles. The van der Waals surface area contributed by atoms with Crippen molar-refractivity contribution in [1.82, 2.24) is 0 Å². The van der Waals surface area contributed by atoms with Crippen molar-refractivity contribution in [2.75, 3.05) is 19.8 Å². The minimum absolute atomic E-state index is 0.165. The van der Waals surface area contributed by atoms with Gasteiger partial charge in [-0.05, 0) is 38.5 Å². The number of carbonyl (C=O) groups excluding carboxylic acids is 2. The van der Waals surface area contributed by atoms with Crippen molar-refractivity contribution in [3.8, 4) is 0 Å². The van der Waals surface area contributed by atoms with E-state index in [1.54, 1.807) is 0 Å². The van der Waals surface area contributed by atoms with Gasteiger partial charge in [-0.15, -0.1) is 0 Å². The van der Waals surface area contributed by atoms with Gasteiger partial charge in [-0.2, -0.15) is 0 Å². The third-order valence-electron chi connectivity index (χ3n) is 11.5. The predicted molar refractivity (Wildman–Crippen MR) is 254 cm³/mol. The number of unbranched alkanes of at least 4 members (excludes halogenated alkanes) is 33. The number of ether oxygens (including phenoxy) is 2. The van der Waals surface area contributed by atoms with Gasteiger partial charge in [-0.3, -0.25) is 23.4 Å². The molecule has 366 valence electrons. The molecular formula is C50H96NO10P. The van der Waals surface area contributed by atoms with Crippen LogP contribution in [0.3, 0.4) is 0 Å². The summed E-state index contributed by atoms with van der Waals surface area (Å²) in [5, 5.41) is 8.92. The third kappa shape index (κ3) is 44.8. The Balaban J connectivity index is 4.19. The molecule has 0 aromatic carbocycles. The number of carboxylic acids is 1. The van der Waals surface area contributed by atoms with Gasteiger partial charge in [-0.25, -0.2) is 4.57 Å². The van der Waals surface area contributed by atoms with Crippen molar-refractivity contribution in [2.24, 2.45) is 5.73 Å². The maximum Gasteiger partial charge on any atom is 0.472 e. The summed E-state index contributed by atoms with van der Waals surface area (Å²) in [4.78, 5) is 46.1. The van der Waals surface area contributed by atoms with Crippen molar-refractivity contribution >= 4 is 25.7 Å². The Hall–Kier alpha value is -1.78. The van der Waals surface area contributed by atoms with Crippen LogP contribution in [0.2, 0.25) is 0 Å². The first kappa shape index (κ1) is 60.2. The fraction of sp³-hybridized carbons (Fsp3) is 0.900. The summed E-state index contributed by atoms with van der Waals surface area (Å²) in [5.41, 5.74) is 5.35. The average Bonchev–Trinajstić information content (AvgIpc) is 3.25. The Morgan fingerprint density at radius 1 is 0.484 bits per heavy atom. The molecule has 0 radical (unpaired) electrons. The van der Waals surface area contributed by atoms with Gasteiger partial charge in [0.15, 0.2) is 6.10 Å². The molecule has 0 aromatic heterocycles. The Labute approximate surface area is 379 Å². The van der Waals surface area contributed by atoms with Gasteiger partial charge < -0.3 is 25.2 Å². The summed E-state index contributed by atoms with van der Waals surface area (Å²) in [6, 6.07) is -1.52. The first-order chi connectivity index (χ1) is 30.1. The zero-order valence-corrected chi connectivity index (χ0v) is 40.9. The van der Waals surface area contributed by atoms with Crippen LogP contribution in [0.5, 0.6) is 0 Å². The zero-order chi connectivity index (χ0) is 45.6. The van der Waals surface area contributed by atoms with Crippen molar-refractivity contribution < 1.29 is 47.5 Å². The highest BCUT2D eigenvalue weighted by Crippen LogP contribution is 2.43. The lowest BCUT2D eigenvalue weighted by atomic mass is 10.0. The van der Waals surface area contributed by atoms with Crippen LogP contribution in [0.25, 0.3) is 0 Å². The molecule has 0 aromatic rings. The Kier molecular flexibility index (Phi) is 44.5. The second-order valence-electron chi connectivity index (χ2n) is 17.7. The fourth-order valence-corrected chi connectivity index (χ4v) is 8.25. The van der Waals surface area contributed by atoms with Crippen LogP contribution >= 0.6 is 7.82 Å². The molecule has 0 bridgehead atoms. The highest BCUT2D eigenvalue weighted by atomic mass is 31.2. The summed E-state index contributed by atoms with van der Waals surface area (Å²) in [6.07, 6.45) is 48.5. The van der Waals surface area contributed by atoms with Crippen molar-refractivity contribution in [3.05, 3.63) is 12.2 Å². The maximum absolute atomic E-state index is 12.7. The lowest BCUT2D eigenvalue weighted by molar-refractivity contribution is -0.161. The summed E-state index contributed by atoms with van der Waals surface area (Å²) < 4.78 is 32.8. The first-order valence-corrected chi connectivity index (χ1v) is 27.2. The molecule has 0 spiro atoms. The topological polar surface area (TPSA) is 172 Å². The first-order valence-electron chi connectivity index (χ1n) is 25.7. The van der Waals surface area contributed by atoms with Gasteiger partial charge in [0.1, 0.15) is 12.6 Å². The van der Waals surface area contributed by atoms with E-state index in [-0.39, 0.29) is 19.4 Å². The summed E-state index contributed by atoms with van der Waals surface area (Å²) >= 11 is 0. The zero-order valence-electron chi connectivity index (χ0n) is 40.0. The Bertz CT molecular complexity index is 1110. The number of hydrogen-bond acceptors (Lipinski definition) is 9. The van der Waals surface area contributed by atoms with Crippen molar-refractivity contribution in [3.63, 3.8) is 0 Å². The van der Waals surface area contributed by atoms with E-state index in [0.29, 0.717) is 12.8 Å². The van der Waals surface area contributed by atoms with Gasteiger partial charge in [0.2, 0.25) is 0 Å². The van der Waals surface area contributed by atoms with Crippen LogP contribution in [-0.2, 0) is 37.5 Å². The number of hydrogen-bond donors (Lipinski definition) is 3. The molecule has 3 atom stereocenters. The van der Waals surface area contributed by atoms with Crippen LogP contribution in [0.4, 0.5) is 0 Å². The Morgan fingerprint density at radius 3 is 1.18 bits per heavy atom. The molecule has 12 heteroatoms. The lowest BCUT2D eigenvalue weighted by Gasteiger charge is -2.20. The SMILES string of the molecule is CCCCCCCCCC/C=C\CCCCCCCCCCCCCC(=O)OC(COC(=O)CCCCCCCCCCCCCCCCC)COP(=O)(O)OCC(N)C(=O)O. The molecule has 0 saturated carbocycles. The molecule has 0 aliphatic rings. The normalized spacial score (nSPS) is 13.6. The van der Waals surface area contributed by atoms with E-state index in [1.807, 2.05) is 0 Å². The second kappa shape index (κ2) is 45.8. The number of carbonyl (C=O) groups is 3. The number of phosphoric acid groups is 1. The summed E-state index contributed by atoms with van der Waals surface area (Å²) in [5.74, 6) is -2.36. The highest BCUT2D eigenvalue weighted by Gasteiger charge is 2.28. The number of nitrogens with two attached hydrogens (primary N) is 1. The molecule has 0 rings (SSSR count). The minimum Gasteiger partial charge on any atom is -0.480 e. The van der Waals surface area contributed by atoms with E-state index >= 15 is 0 Å². The smallest absolute Gasteiger partial charge is 0.472 e. The van der Waals surface area contributed by atoms with E-state index in [9.17, 15) is 23.8 Å². The van der Waals surface area contributed by atoms with Crippen molar-refractivity contribution in [2.45, 2.75) is 270 Å². The molecule has 4 N–H and O–H groups in total. The number of esters is 2. The number of carboxylic acid groups (broad SMARTS) is 1. The number of rotatable bonds is 49. The van der Waals surface area contributed by atoms with E-state index < -0.39 is 51.1 Å². The van der Waals surface area contributed by atoms with Crippen LogP contribution in [-0.4, -0.2) is 59.9 Å². The summed E-state index contributed by atoms with van der Waals surface area (Å²) in [7, 11) is -4.72. The van der Waals surface area contributed by atoms with Gasteiger partial charge in [-0.1, -0.05) is 219 Å². The van der Waals surface area contributed by atoms with Crippen molar-refractivity contribution in [1.29, 1.82) is 0 Å². The van der Waals surface area contributed by atoms with Crippen LogP contribution in [0, 0.1) is 0 Å². The molecule has 11 nitrogen and oxygen atoms in total. The summed E-state index contributed by atoms with van der Waals surface area (Å²) in [6.45, 7) is 2.85. The average molecular weight is 902 g/mol. The van der Waals surface area contributed by atoms with Crippen LogP contribution < -0.4 is 5.73 Å². The number of aliphatic carboxylic acids is 1. The largest absolute Gasteiger partial charge is 0.480 e. The van der Waals surface area contributed by atoms with E-state index in [0.717, 1.165) is 38.5 Å².